The van der Waals surface area contributed by atoms with Crippen LogP contribution in [0, 0.1) is 0 Å². The maximum Gasteiger partial charge on any atom is 0.290 e. The van der Waals surface area contributed by atoms with Gasteiger partial charge in [-0.2, -0.15) is 0 Å². The quantitative estimate of drug-likeness (QED) is 0.426. The van der Waals surface area contributed by atoms with Crippen LogP contribution in [0.3, 0.4) is 0 Å². The molecule has 1 aliphatic heterocycles. The van der Waals surface area contributed by atoms with Gasteiger partial charge in [0.25, 0.3) is 5.91 Å². The lowest BCUT2D eigenvalue weighted by molar-refractivity contribution is -0.129. The van der Waals surface area contributed by atoms with E-state index < -0.39 is 23.5 Å². The van der Waals surface area contributed by atoms with Crippen molar-refractivity contribution in [2.45, 2.75) is 12.5 Å². The molecular weight excluding hydrogens is 408 g/mol. The van der Waals surface area contributed by atoms with Gasteiger partial charge in [0.1, 0.15) is 18.1 Å². The average molecular weight is 437 g/mol. The second-order valence-corrected chi connectivity index (χ2v) is 7.70. The van der Waals surface area contributed by atoms with E-state index in [1.165, 1.54) is 18.4 Å². The van der Waals surface area contributed by atoms with E-state index in [0.717, 1.165) is 6.54 Å². The highest BCUT2D eigenvalue weighted by atomic mass is 16.5. The lowest BCUT2D eigenvalue weighted by Gasteiger charge is -2.27. The minimum atomic E-state index is -0.688. The van der Waals surface area contributed by atoms with Gasteiger partial charge in [-0.15, -0.1) is 0 Å². The minimum absolute atomic E-state index is 0.0578. The largest absolute Gasteiger partial charge is 0.503 e. The third-order valence-electron chi connectivity index (χ3n) is 5.08. The maximum atomic E-state index is 13.0. The van der Waals surface area contributed by atoms with Crippen molar-refractivity contribution in [1.82, 2.24) is 9.80 Å². The molecule has 168 valence electrons. The number of ether oxygens (including phenoxy) is 1. The topological polar surface area (TPSA) is 83.2 Å². The molecule has 0 radical (unpaired) electrons. The third kappa shape index (κ3) is 5.36. The number of furan rings is 1. The summed E-state index contributed by atoms with van der Waals surface area (Å²) in [4.78, 5) is 29.5. The van der Waals surface area contributed by atoms with Crippen molar-refractivity contribution in [1.29, 1.82) is 0 Å². The van der Waals surface area contributed by atoms with Crippen molar-refractivity contribution in [2.75, 3.05) is 33.8 Å². The van der Waals surface area contributed by atoms with Crippen LogP contribution in [0.2, 0.25) is 0 Å². The molecule has 1 unspecified atom stereocenters. The monoisotopic (exact) mass is 436 g/mol. The SMILES string of the molecule is C=CCOc1ccc(C2C(C(=O)/C=C/c3ccco3)=C(O)C(=O)N2CCCN(C)C)cc1. The maximum absolute atomic E-state index is 13.0. The van der Waals surface area contributed by atoms with Gasteiger partial charge in [0.2, 0.25) is 0 Å². The first-order valence-electron chi connectivity index (χ1n) is 10.4. The number of benzene rings is 1. The number of aliphatic hydroxyl groups excluding tert-OH is 1. The third-order valence-corrected chi connectivity index (χ3v) is 5.08. The van der Waals surface area contributed by atoms with E-state index in [4.69, 9.17) is 9.15 Å². The molecule has 1 atom stereocenters. The first-order chi connectivity index (χ1) is 15.4. The van der Waals surface area contributed by atoms with Crippen LogP contribution in [0.5, 0.6) is 5.75 Å². The van der Waals surface area contributed by atoms with Gasteiger partial charge in [0.15, 0.2) is 11.5 Å². The van der Waals surface area contributed by atoms with Gasteiger partial charge in [-0.1, -0.05) is 24.8 Å². The van der Waals surface area contributed by atoms with Gasteiger partial charge in [0, 0.05) is 6.54 Å². The van der Waals surface area contributed by atoms with Crippen LogP contribution >= 0.6 is 0 Å². The molecule has 0 saturated carbocycles. The summed E-state index contributed by atoms with van der Waals surface area (Å²) in [6.45, 7) is 5.18. The molecule has 1 aromatic heterocycles. The Labute approximate surface area is 187 Å². The van der Waals surface area contributed by atoms with Crippen molar-refractivity contribution >= 4 is 17.8 Å². The predicted octanol–water partition coefficient (Wildman–Crippen LogP) is 3.77. The van der Waals surface area contributed by atoms with E-state index in [-0.39, 0.29) is 5.57 Å². The number of hydrogen-bond donors (Lipinski definition) is 1. The smallest absolute Gasteiger partial charge is 0.290 e. The van der Waals surface area contributed by atoms with Crippen molar-refractivity contribution in [3.63, 3.8) is 0 Å². The number of nitrogens with zero attached hydrogens (tertiary/aromatic N) is 2. The van der Waals surface area contributed by atoms with Gasteiger partial charge in [-0.05, 0) is 69.0 Å². The van der Waals surface area contributed by atoms with Gasteiger partial charge in [-0.25, -0.2) is 0 Å². The molecule has 1 N–H and O–H groups in total. The summed E-state index contributed by atoms with van der Waals surface area (Å²) >= 11 is 0. The molecule has 0 bridgehead atoms. The Morgan fingerprint density at radius 1 is 1.28 bits per heavy atom. The Bertz CT molecular complexity index is 1000. The van der Waals surface area contributed by atoms with Crippen LogP contribution < -0.4 is 4.74 Å². The average Bonchev–Trinajstić information content (AvgIpc) is 3.38. The lowest BCUT2D eigenvalue weighted by atomic mass is 9.95. The van der Waals surface area contributed by atoms with E-state index >= 15 is 0 Å². The normalized spacial score (nSPS) is 16.4. The second-order valence-electron chi connectivity index (χ2n) is 7.70. The van der Waals surface area contributed by atoms with Gasteiger partial charge < -0.3 is 24.1 Å². The Morgan fingerprint density at radius 2 is 2.03 bits per heavy atom. The molecule has 1 aromatic carbocycles. The first-order valence-corrected chi connectivity index (χ1v) is 10.4. The predicted molar refractivity (Wildman–Crippen MR) is 122 cm³/mol. The lowest BCUT2D eigenvalue weighted by Crippen LogP contribution is -2.33. The molecule has 3 rings (SSSR count). The van der Waals surface area contributed by atoms with E-state index in [9.17, 15) is 14.7 Å². The summed E-state index contributed by atoms with van der Waals surface area (Å²) in [5.41, 5.74) is 0.773. The van der Waals surface area contributed by atoms with Crippen LogP contribution in [-0.4, -0.2) is 60.4 Å². The highest BCUT2D eigenvalue weighted by Gasteiger charge is 2.42. The number of carbonyl (C=O) groups is 2. The number of ketones is 1. The summed E-state index contributed by atoms with van der Waals surface area (Å²) in [7, 11) is 3.91. The van der Waals surface area contributed by atoms with Crippen LogP contribution in [0.15, 0.2) is 77.1 Å². The fourth-order valence-electron chi connectivity index (χ4n) is 3.57. The van der Waals surface area contributed by atoms with Crippen molar-refractivity contribution in [2.24, 2.45) is 0 Å². The van der Waals surface area contributed by atoms with E-state index in [0.29, 0.717) is 36.6 Å². The summed E-state index contributed by atoms with van der Waals surface area (Å²) in [6.07, 6.45) is 6.69. The zero-order chi connectivity index (χ0) is 23.1. The number of amides is 1. The Kier molecular flexibility index (Phi) is 7.68. The number of aliphatic hydroxyl groups is 1. The summed E-state index contributed by atoms with van der Waals surface area (Å²) in [6, 6.07) is 9.90. The molecule has 1 aliphatic rings. The molecule has 7 nitrogen and oxygen atoms in total. The minimum Gasteiger partial charge on any atom is -0.503 e. The van der Waals surface area contributed by atoms with Crippen molar-refractivity contribution < 1.29 is 23.8 Å². The van der Waals surface area contributed by atoms with Crippen molar-refractivity contribution in [3.8, 4) is 5.75 Å². The second kappa shape index (κ2) is 10.6. The highest BCUT2D eigenvalue weighted by molar-refractivity contribution is 6.14. The van der Waals surface area contributed by atoms with Crippen LogP contribution in [-0.2, 0) is 9.59 Å². The molecule has 0 aliphatic carbocycles. The highest BCUT2D eigenvalue weighted by Crippen LogP contribution is 2.38. The Hall–Kier alpha value is -3.58. The van der Waals surface area contributed by atoms with Crippen LogP contribution in [0.25, 0.3) is 6.08 Å². The van der Waals surface area contributed by atoms with Gasteiger partial charge in [-0.3, -0.25) is 9.59 Å². The standard InChI is InChI=1S/C25H28N2O5/c1-4-16-31-20-10-8-18(9-11-20)23-22(21(28)13-12-19-7-5-17-32-19)24(29)25(30)27(23)15-6-14-26(2)3/h4-5,7-13,17,23,29H,1,6,14-16H2,2-3H3/b13-12+. The van der Waals surface area contributed by atoms with Crippen LogP contribution in [0.1, 0.15) is 23.8 Å². The molecule has 1 amide bonds. The molecule has 0 spiro atoms. The molecule has 32 heavy (non-hydrogen) atoms. The molecule has 2 aromatic rings. The van der Waals surface area contributed by atoms with E-state index in [1.807, 2.05) is 19.0 Å². The molecule has 0 saturated heterocycles. The van der Waals surface area contributed by atoms with Gasteiger partial charge >= 0.3 is 0 Å². The zero-order valence-corrected chi connectivity index (χ0v) is 18.4. The summed E-state index contributed by atoms with van der Waals surface area (Å²) in [5.74, 6) is -0.349. The molecule has 7 heteroatoms. The zero-order valence-electron chi connectivity index (χ0n) is 18.4. The number of allylic oxidation sites excluding steroid dienone is 1. The Morgan fingerprint density at radius 3 is 2.66 bits per heavy atom. The van der Waals surface area contributed by atoms with Crippen LogP contribution in [0.4, 0.5) is 0 Å². The molecule has 0 fully saturated rings. The van der Waals surface area contributed by atoms with E-state index in [2.05, 4.69) is 6.58 Å². The van der Waals surface area contributed by atoms with Gasteiger partial charge in [0.05, 0.1) is 17.9 Å². The first kappa shape index (κ1) is 23.1. The molecule has 2 heterocycles. The fourth-order valence-corrected chi connectivity index (χ4v) is 3.57. The number of hydrogen-bond acceptors (Lipinski definition) is 6. The fraction of sp³-hybridized carbons (Fsp3) is 0.280. The summed E-state index contributed by atoms with van der Waals surface area (Å²) < 4.78 is 10.8. The molecular formula is C25H28N2O5. The van der Waals surface area contributed by atoms with Crippen molar-refractivity contribution in [3.05, 3.63) is 84.0 Å². The van der Waals surface area contributed by atoms with E-state index in [1.54, 1.807) is 47.4 Å². The number of rotatable bonds is 11. The number of carbonyl (C=O) groups excluding carboxylic acids is 2. The Balaban J connectivity index is 1.91. The summed E-state index contributed by atoms with van der Waals surface area (Å²) in [5, 5.41) is 10.6.